The van der Waals surface area contributed by atoms with Crippen molar-refractivity contribution in [3.05, 3.63) is 0 Å². The van der Waals surface area contributed by atoms with E-state index in [4.69, 9.17) is 12.9 Å². The molecule has 0 atom stereocenters. The molecule has 0 bridgehead atoms. The van der Waals surface area contributed by atoms with Gasteiger partial charge in [-0.2, -0.15) is 0 Å². The molecular weight excluding hydrogens is 86.9 g/mol. The molecule has 1 rings (SSSR count). The van der Waals surface area contributed by atoms with Gasteiger partial charge in [0.25, 0.3) is 0 Å². The number of rotatable bonds is 0. The summed E-state index contributed by atoms with van der Waals surface area (Å²) in [4.78, 5) is 3.66. The normalized spacial score (nSPS) is 18.7. The van der Waals surface area contributed by atoms with Gasteiger partial charge >= 0.3 is 41.8 Å². The molecule has 0 fully saturated rings. The monoisotopic (exact) mass is 91.0 g/mol. The predicted octanol–water partition coefficient (Wildman–Crippen LogP) is -0.221. The van der Waals surface area contributed by atoms with Gasteiger partial charge in [-0.1, -0.05) is 0 Å². The topological polar surface area (TPSA) is 36.2 Å². The Morgan fingerprint density at radius 1 is 1.86 bits per heavy atom. The minimum atomic E-state index is 0.361. The number of nitrogens with one attached hydrogen (secondary N) is 1. The van der Waals surface area contributed by atoms with Gasteiger partial charge in [-0.05, 0) is 0 Å². The molecule has 1 aliphatic heterocycles. The standard InChI is InChI=1S/C4H4BN2/c5-4-3(6)1-2-7-4/h2,6H,1H2. The van der Waals surface area contributed by atoms with Gasteiger partial charge in [0.1, 0.15) is 0 Å². The van der Waals surface area contributed by atoms with Crippen molar-refractivity contribution in [2.24, 2.45) is 4.99 Å². The van der Waals surface area contributed by atoms with Crippen molar-refractivity contribution >= 4 is 25.0 Å². The Labute approximate surface area is 42.8 Å². The van der Waals surface area contributed by atoms with Crippen LogP contribution in [0.5, 0.6) is 0 Å². The molecule has 0 aliphatic carbocycles. The fourth-order valence-electron chi connectivity index (χ4n) is 0.418. The maximum atomic E-state index is 6.97. The molecule has 0 spiro atoms. The molecule has 2 nitrogen and oxygen atoms in total. The Morgan fingerprint density at radius 3 is 2.71 bits per heavy atom. The van der Waals surface area contributed by atoms with E-state index in [1.54, 1.807) is 6.21 Å². The summed E-state index contributed by atoms with van der Waals surface area (Å²) < 4.78 is 0. The third-order valence-electron chi connectivity index (χ3n) is 0.835. The molecule has 7 heavy (non-hydrogen) atoms. The van der Waals surface area contributed by atoms with Crippen LogP contribution in [0, 0.1) is 5.41 Å². The zero-order valence-electron chi connectivity index (χ0n) is 3.81. The summed E-state index contributed by atoms with van der Waals surface area (Å²) in [6, 6.07) is 0. The fourth-order valence-corrected chi connectivity index (χ4v) is 0.418. The van der Waals surface area contributed by atoms with Gasteiger partial charge < -0.3 is 0 Å². The van der Waals surface area contributed by atoms with E-state index in [0.717, 1.165) is 0 Å². The van der Waals surface area contributed by atoms with Gasteiger partial charge in [-0.25, -0.2) is 0 Å². The number of hydrogen-bond acceptors (Lipinski definition) is 2. The van der Waals surface area contributed by atoms with Gasteiger partial charge in [0.15, 0.2) is 0 Å². The fraction of sp³-hybridized carbons (Fsp3) is 0.250. The molecule has 0 saturated heterocycles. The molecule has 0 aromatic heterocycles. The Hall–Kier alpha value is -0.725. The Balaban J connectivity index is 2.81. The SMILES string of the molecule is [B]=C1N=CCC1=N. The second-order valence-electron chi connectivity index (χ2n) is 1.38. The number of aliphatic imine (C=N–C) groups is 1. The first kappa shape index (κ1) is 4.43. The summed E-state index contributed by atoms with van der Waals surface area (Å²) in [5.74, 6) is 0. The third kappa shape index (κ3) is 0.658. The first-order chi connectivity index (χ1) is 3.30. The van der Waals surface area contributed by atoms with Crippen molar-refractivity contribution < 1.29 is 0 Å². The van der Waals surface area contributed by atoms with Crippen LogP contribution in [0.15, 0.2) is 4.99 Å². The first-order valence-electron chi connectivity index (χ1n) is 2.03. The molecule has 0 aromatic rings. The zero-order chi connectivity index (χ0) is 5.28. The molecule has 33 valence electrons. The van der Waals surface area contributed by atoms with Crippen LogP contribution < -0.4 is 0 Å². The van der Waals surface area contributed by atoms with Crippen LogP contribution in [-0.4, -0.2) is 25.0 Å². The average Bonchev–Trinajstić information content (AvgIpc) is 1.91. The predicted molar refractivity (Wildman–Crippen MR) is 31.6 cm³/mol. The Kier molecular flexibility index (Phi) is 0.892. The van der Waals surface area contributed by atoms with Gasteiger partial charge in [-0.15, -0.1) is 0 Å². The van der Waals surface area contributed by atoms with E-state index < -0.39 is 0 Å². The van der Waals surface area contributed by atoms with Crippen LogP contribution in [0.3, 0.4) is 0 Å². The summed E-state index contributed by atoms with van der Waals surface area (Å²) in [6.45, 7) is 0. The van der Waals surface area contributed by atoms with Crippen LogP contribution in [0.1, 0.15) is 6.42 Å². The van der Waals surface area contributed by atoms with E-state index in [1.807, 2.05) is 0 Å². The summed E-state index contributed by atoms with van der Waals surface area (Å²) >= 11 is 0. The molecule has 0 unspecified atom stereocenters. The molecule has 1 radical (unpaired) electrons. The molecule has 1 heterocycles. The minimum absolute atomic E-state index is 0.361. The van der Waals surface area contributed by atoms with Gasteiger partial charge in [0.2, 0.25) is 0 Å². The molecule has 3 heteroatoms. The van der Waals surface area contributed by atoms with Crippen molar-refractivity contribution in [1.82, 2.24) is 0 Å². The number of hydrogen-bond donors (Lipinski definition) is 1. The van der Waals surface area contributed by atoms with Crippen LogP contribution in [0.2, 0.25) is 0 Å². The second-order valence-corrected chi connectivity index (χ2v) is 1.38. The van der Waals surface area contributed by atoms with Crippen molar-refractivity contribution in [3.8, 4) is 0 Å². The van der Waals surface area contributed by atoms with Gasteiger partial charge in [0.05, 0.1) is 0 Å². The van der Waals surface area contributed by atoms with Crippen LogP contribution in [0.4, 0.5) is 0 Å². The van der Waals surface area contributed by atoms with Crippen molar-refractivity contribution in [1.29, 1.82) is 5.41 Å². The third-order valence-corrected chi connectivity index (χ3v) is 0.835. The van der Waals surface area contributed by atoms with Gasteiger partial charge in [0, 0.05) is 0 Å². The van der Waals surface area contributed by atoms with Crippen molar-refractivity contribution in [3.63, 3.8) is 0 Å². The molecular formula is C4H4BN2. The summed E-state index contributed by atoms with van der Waals surface area (Å²) in [5, 5.41) is 6.97. The molecule has 0 aromatic carbocycles. The summed E-state index contributed by atoms with van der Waals surface area (Å²) in [7, 11) is 5.17. The maximum absolute atomic E-state index is 6.97. The Bertz CT molecular complexity index is 148. The van der Waals surface area contributed by atoms with E-state index in [1.165, 1.54) is 0 Å². The van der Waals surface area contributed by atoms with Crippen LogP contribution >= 0.6 is 0 Å². The zero-order valence-corrected chi connectivity index (χ0v) is 3.81. The van der Waals surface area contributed by atoms with Crippen LogP contribution in [0.25, 0.3) is 0 Å². The Morgan fingerprint density at radius 2 is 2.57 bits per heavy atom. The van der Waals surface area contributed by atoms with E-state index in [-0.39, 0.29) is 0 Å². The van der Waals surface area contributed by atoms with E-state index in [0.29, 0.717) is 17.7 Å². The molecule has 1 aliphatic rings. The van der Waals surface area contributed by atoms with E-state index in [2.05, 4.69) is 4.99 Å². The van der Waals surface area contributed by atoms with E-state index in [9.17, 15) is 0 Å². The molecule has 0 saturated carbocycles. The molecule has 1 N–H and O–H groups in total. The number of nitrogens with zero attached hydrogens (tertiary/aromatic N) is 1. The summed E-state index contributed by atoms with van der Waals surface area (Å²) in [5.41, 5.74) is 0.792. The molecule has 0 amide bonds. The first-order valence-corrected chi connectivity index (χ1v) is 2.03. The second kappa shape index (κ2) is 1.41. The average molecular weight is 90.9 g/mol. The van der Waals surface area contributed by atoms with Crippen LogP contribution in [-0.2, 0) is 0 Å². The van der Waals surface area contributed by atoms with Crippen molar-refractivity contribution in [2.75, 3.05) is 0 Å². The van der Waals surface area contributed by atoms with E-state index >= 15 is 0 Å². The quantitative estimate of drug-likeness (QED) is 0.400. The van der Waals surface area contributed by atoms with Gasteiger partial charge in [-0.3, -0.25) is 0 Å². The summed E-state index contributed by atoms with van der Waals surface area (Å²) in [6.07, 6.45) is 2.24. The van der Waals surface area contributed by atoms with Crippen molar-refractivity contribution in [2.45, 2.75) is 6.42 Å².